The van der Waals surface area contributed by atoms with Gasteiger partial charge in [-0.3, -0.25) is 10.1 Å². The second-order valence-corrected chi connectivity index (χ2v) is 7.09. The normalized spacial score (nSPS) is 10.5. The lowest BCUT2D eigenvalue weighted by molar-refractivity contribution is -0.387. The highest BCUT2D eigenvalue weighted by molar-refractivity contribution is 9.10. The lowest BCUT2D eigenvalue weighted by atomic mass is 10.4. The average Bonchev–Trinajstić information content (AvgIpc) is 2.59. The van der Waals surface area contributed by atoms with Crippen LogP contribution in [0.25, 0.3) is 0 Å². The number of pyridine rings is 1. The zero-order valence-corrected chi connectivity index (χ0v) is 15.5. The molecule has 0 aliphatic heterocycles. The molecule has 0 fully saturated rings. The van der Waals surface area contributed by atoms with Gasteiger partial charge in [-0.05, 0) is 52.3 Å². The maximum atomic E-state index is 11.6. The van der Waals surface area contributed by atoms with Crippen molar-refractivity contribution in [2.75, 3.05) is 5.32 Å². The van der Waals surface area contributed by atoms with E-state index in [4.69, 9.17) is 11.6 Å². The Morgan fingerprint density at radius 3 is 2.52 bits per heavy atom. The first-order valence-electron chi connectivity index (χ1n) is 6.84. The van der Waals surface area contributed by atoms with E-state index in [1.54, 1.807) is 42.6 Å². The summed E-state index contributed by atoms with van der Waals surface area (Å²) in [6.45, 7) is 0. The topological polar surface area (TPSA) is 93.8 Å². The third kappa shape index (κ3) is 4.44. The fraction of sp³-hybridized carbons (Fsp3) is 0. The quantitative estimate of drug-likeness (QED) is 0.337. The van der Waals surface area contributed by atoms with Crippen LogP contribution in [-0.4, -0.2) is 19.9 Å². The van der Waals surface area contributed by atoms with E-state index in [1.165, 1.54) is 6.33 Å². The molecule has 2 heterocycles. The van der Waals surface area contributed by atoms with Gasteiger partial charge in [-0.15, -0.1) is 0 Å². The molecule has 126 valence electrons. The van der Waals surface area contributed by atoms with Gasteiger partial charge in [-0.25, -0.2) is 15.0 Å². The highest BCUT2D eigenvalue weighted by Gasteiger charge is 2.24. The number of hydrogen-bond acceptors (Lipinski definition) is 7. The summed E-state index contributed by atoms with van der Waals surface area (Å²) in [5, 5.41) is 15.2. The lowest BCUT2D eigenvalue weighted by Gasteiger charge is -2.08. The Morgan fingerprint density at radius 2 is 1.88 bits per heavy atom. The van der Waals surface area contributed by atoms with E-state index in [-0.39, 0.29) is 16.5 Å². The Balaban J connectivity index is 1.94. The summed E-state index contributed by atoms with van der Waals surface area (Å²) in [5.41, 5.74) is -0.216. The largest absolute Gasteiger partial charge is 0.343 e. The van der Waals surface area contributed by atoms with E-state index in [9.17, 15) is 10.1 Å². The molecule has 10 heteroatoms. The summed E-state index contributed by atoms with van der Waals surface area (Å²) in [6, 6.07) is 10.4. The predicted octanol–water partition coefficient (Wildman–Crippen LogP) is 5.09. The minimum absolute atomic E-state index is 0.0753. The Labute approximate surface area is 160 Å². The monoisotopic (exact) mass is 437 g/mol. The third-order valence-electron chi connectivity index (χ3n) is 2.97. The van der Waals surface area contributed by atoms with Crippen LogP contribution in [0.2, 0.25) is 5.02 Å². The lowest BCUT2D eigenvalue weighted by Crippen LogP contribution is -2.03. The number of halogens is 2. The molecule has 1 N–H and O–H groups in total. The number of benzene rings is 1. The summed E-state index contributed by atoms with van der Waals surface area (Å²) in [5.74, 6) is 0.513. The Kier molecular flexibility index (Phi) is 5.47. The van der Waals surface area contributed by atoms with Crippen molar-refractivity contribution in [1.82, 2.24) is 15.0 Å². The van der Waals surface area contributed by atoms with Gasteiger partial charge in [0.25, 0.3) is 0 Å². The van der Waals surface area contributed by atoms with Crippen molar-refractivity contribution in [1.29, 1.82) is 0 Å². The van der Waals surface area contributed by atoms with Crippen LogP contribution in [-0.2, 0) is 0 Å². The molecule has 0 saturated carbocycles. The van der Waals surface area contributed by atoms with Crippen LogP contribution in [0.4, 0.5) is 17.3 Å². The molecule has 0 spiro atoms. The molecule has 0 bridgehead atoms. The molecule has 0 saturated heterocycles. The molecule has 0 aliphatic carbocycles. The SMILES string of the molecule is O=[N+]([O-])c1c(Nc2ccc(Br)cn2)ncnc1Sc1ccc(Cl)cc1. The number of rotatable bonds is 5. The summed E-state index contributed by atoms with van der Waals surface area (Å²) < 4.78 is 0.800. The fourth-order valence-electron chi connectivity index (χ4n) is 1.88. The molecule has 0 unspecified atom stereocenters. The Hall–Kier alpha value is -2.23. The van der Waals surface area contributed by atoms with E-state index in [0.29, 0.717) is 10.8 Å². The van der Waals surface area contributed by atoms with Crippen molar-refractivity contribution in [3.8, 4) is 0 Å². The van der Waals surface area contributed by atoms with Crippen LogP contribution < -0.4 is 5.32 Å². The smallest absolute Gasteiger partial charge is 0.319 e. The van der Waals surface area contributed by atoms with Crippen LogP contribution in [0.3, 0.4) is 0 Å². The first-order chi connectivity index (χ1) is 12.0. The molecular formula is C15H9BrClN5O2S. The summed E-state index contributed by atoms with van der Waals surface area (Å²) in [4.78, 5) is 24.0. The average molecular weight is 439 g/mol. The van der Waals surface area contributed by atoms with Crippen LogP contribution in [0.5, 0.6) is 0 Å². The van der Waals surface area contributed by atoms with Gasteiger partial charge in [0.15, 0.2) is 5.03 Å². The molecule has 3 aromatic rings. The van der Waals surface area contributed by atoms with Gasteiger partial charge in [-0.2, -0.15) is 0 Å². The van der Waals surface area contributed by atoms with Crippen molar-refractivity contribution in [2.45, 2.75) is 9.92 Å². The molecule has 7 nitrogen and oxygen atoms in total. The Bertz CT molecular complexity index is 843. The molecule has 3 rings (SSSR count). The van der Waals surface area contributed by atoms with Gasteiger partial charge in [0, 0.05) is 20.6 Å². The van der Waals surface area contributed by atoms with E-state index < -0.39 is 4.92 Å². The van der Waals surface area contributed by atoms with Gasteiger partial charge < -0.3 is 5.32 Å². The van der Waals surface area contributed by atoms with Gasteiger partial charge in [0.05, 0.1) is 4.92 Å². The third-order valence-corrected chi connectivity index (χ3v) is 4.69. The molecular weight excluding hydrogens is 430 g/mol. The number of aromatic nitrogens is 3. The second-order valence-electron chi connectivity index (χ2n) is 4.68. The number of nitrogens with one attached hydrogen (secondary N) is 1. The van der Waals surface area contributed by atoms with Crippen LogP contribution >= 0.6 is 39.3 Å². The van der Waals surface area contributed by atoms with Crippen molar-refractivity contribution in [3.05, 3.63) is 68.5 Å². The first kappa shape index (κ1) is 17.6. The van der Waals surface area contributed by atoms with E-state index >= 15 is 0 Å². The number of anilines is 2. The van der Waals surface area contributed by atoms with Crippen LogP contribution in [0.1, 0.15) is 0 Å². The highest BCUT2D eigenvalue weighted by Crippen LogP contribution is 2.37. The van der Waals surface area contributed by atoms with Crippen molar-refractivity contribution in [2.24, 2.45) is 0 Å². The zero-order chi connectivity index (χ0) is 17.8. The molecule has 0 amide bonds. The van der Waals surface area contributed by atoms with Crippen LogP contribution in [0, 0.1) is 10.1 Å². The number of nitro groups is 1. The molecule has 0 aliphatic rings. The minimum Gasteiger partial charge on any atom is -0.319 e. The number of nitrogens with zero attached hydrogens (tertiary/aromatic N) is 4. The number of hydrogen-bond donors (Lipinski definition) is 1. The van der Waals surface area contributed by atoms with Gasteiger partial charge in [0.2, 0.25) is 5.82 Å². The van der Waals surface area contributed by atoms with Gasteiger partial charge in [0.1, 0.15) is 12.1 Å². The van der Waals surface area contributed by atoms with Gasteiger partial charge >= 0.3 is 5.69 Å². The first-order valence-corrected chi connectivity index (χ1v) is 8.83. The maximum absolute atomic E-state index is 11.6. The highest BCUT2D eigenvalue weighted by atomic mass is 79.9. The zero-order valence-electron chi connectivity index (χ0n) is 12.4. The second kappa shape index (κ2) is 7.77. The molecule has 1 aromatic carbocycles. The molecule has 2 aromatic heterocycles. The van der Waals surface area contributed by atoms with E-state index in [2.05, 4.69) is 36.2 Å². The summed E-state index contributed by atoms with van der Waals surface area (Å²) in [6.07, 6.45) is 2.85. The van der Waals surface area contributed by atoms with Crippen molar-refractivity contribution in [3.63, 3.8) is 0 Å². The summed E-state index contributed by atoms with van der Waals surface area (Å²) in [7, 11) is 0. The standard InChI is InChI=1S/C15H9BrClN5O2S/c16-9-1-6-12(18-7-9)21-14-13(22(23)24)15(20-8-19-14)25-11-4-2-10(17)3-5-11/h1-8H,(H,18,19,20,21). The minimum atomic E-state index is -0.514. The van der Waals surface area contributed by atoms with Crippen molar-refractivity contribution < 1.29 is 4.92 Å². The molecule has 0 radical (unpaired) electrons. The fourth-order valence-corrected chi connectivity index (χ4v) is 3.10. The Morgan fingerprint density at radius 1 is 1.12 bits per heavy atom. The van der Waals surface area contributed by atoms with Gasteiger partial charge in [-0.1, -0.05) is 23.4 Å². The summed E-state index contributed by atoms with van der Waals surface area (Å²) >= 11 is 10.3. The predicted molar refractivity (Wildman–Crippen MR) is 99.5 cm³/mol. The van der Waals surface area contributed by atoms with Crippen LogP contribution in [0.15, 0.2) is 63.3 Å². The molecule has 25 heavy (non-hydrogen) atoms. The molecule has 0 atom stereocenters. The van der Waals surface area contributed by atoms with Crippen molar-refractivity contribution >= 4 is 56.6 Å². The van der Waals surface area contributed by atoms with E-state index in [1.807, 2.05) is 0 Å². The van der Waals surface area contributed by atoms with E-state index in [0.717, 1.165) is 21.1 Å². The maximum Gasteiger partial charge on any atom is 0.343 e.